The van der Waals surface area contributed by atoms with Crippen LogP contribution < -0.4 is 4.72 Å². The van der Waals surface area contributed by atoms with Crippen molar-refractivity contribution in [2.24, 2.45) is 0 Å². The minimum atomic E-state index is -4.02. The fourth-order valence-corrected chi connectivity index (χ4v) is 5.44. The number of anilines is 1. The van der Waals surface area contributed by atoms with Gasteiger partial charge in [0.25, 0.3) is 15.9 Å². The lowest BCUT2D eigenvalue weighted by Crippen LogP contribution is -2.52. The maximum absolute atomic E-state index is 13.4. The standard InChI is InChI=1S/C21H21IN4O4S/c1-13-11-30-12-14(2)26(13)21(27)16-7-6-15(22)10-18(16)25-31(28,29)19-5-3-4-17-20(19)24-9-8-23-17/h3-10,13-14,25H,11-12H2,1-2H3/t13-,14+. The van der Waals surface area contributed by atoms with E-state index in [2.05, 4.69) is 37.3 Å². The molecule has 1 amide bonds. The fraction of sp³-hybridized carbons (Fsp3) is 0.286. The number of halogens is 1. The lowest BCUT2D eigenvalue weighted by molar-refractivity contribution is -0.0249. The molecule has 0 spiro atoms. The van der Waals surface area contributed by atoms with Gasteiger partial charge in [0.2, 0.25) is 0 Å². The van der Waals surface area contributed by atoms with Crippen molar-refractivity contribution in [3.63, 3.8) is 0 Å². The molecular weight excluding hydrogens is 531 g/mol. The monoisotopic (exact) mass is 552 g/mol. The molecule has 0 unspecified atom stereocenters. The van der Waals surface area contributed by atoms with Crippen LogP contribution in [-0.4, -0.2) is 54.5 Å². The summed E-state index contributed by atoms with van der Waals surface area (Å²) in [7, 11) is -4.02. The molecule has 1 N–H and O–H groups in total. The molecule has 31 heavy (non-hydrogen) atoms. The normalized spacial score (nSPS) is 19.4. The van der Waals surface area contributed by atoms with E-state index in [-0.39, 0.29) is 39.7 Å². The van der Waals surface area contributed by atoms with E-state index in [4.69, 9.17) is 4.74 Å². The van der Waals surface area contributed by atoms with Gasteiger partial charge in [0, 0.05) is 16.0 Å². The van der Waals surface area contributed by atoms with E-state index < -0.39 is 10.0 Å². The lowest BCUT2D eigenvalue weighted by atomic mass is 10.1. The van der Waals surface area contributed by atoms with Gasteiger partial charge >= 0.3 is 0 Å². The molecule has 1 aromatic heterocycles. The summed E-state index contributed by atoms with van der Waals surface area (Å²) >= 11 is 2.09. The third kappa shape index (κ3) is 4.37. The van der Waals surface area contributed by atoms with Gasteiger partial charge in [-0.15, -0.1) is 0 Å². The first-order chi connectivity index (χ1) is 14.8. The zero-order valence-electron chi connectivity index (χ0n) is 16.9. The smallest absolute Gasteiger partial charge is 0.264 e. The Morgan fingerprint density at radius 3 is 2.58 bits per heavy atom. The van der Waals surface area contributed by atoms with Crippen LogP contribution in [0.2, 0.25) is 0 Å². The molecule has 1 fully saturated rings. The van der Waals surface area contributed by atoms with E-state index in [0.717, 1.165) is 3.57 Å². The first-order valence-electron chi connectivity index (χ1n) is 9.70. The molecule has 2 aromatic carbocycles. The number of morpholine rings is 1. The summed E-state index contributed by atoms with van der Waals surface area (Å²) in [5.74, 6) is -0.241. The number of ether oxygens (including phenoxy) is 1. The number of carbonyl (C=O) groups is 1. The first kappa shape index (κ1) is 21.9. The molecule has 162 valence electrons. The molecule has 1 saturated heterocycles. The highest BCUT2D eigenvalue weighted by Crippen LogP contribution is 2.28. The summed E-state index contributed by atoms with van der Waals surface area (Å²) in [5.41, 5.74) is 1.26. The van der Waals surface area contributed by atoms with E-state index in [0.29, 0.717) is 18.7 Å². The number of aromatic nitrogens is 2. The van der Waals surface area contributed by atoms with Gasteiger partial charge in [-0.3, -0.25) is 19.5 Å². The Kier molecular flexibility index (Phi) is 6.13. The second kappa shape index (κ2) is 8.67. The maximum atomic E-state index is 13.4. The highest BCUT2D eigenvalue weighted by molar-refractivity contribution is 14.1. The number of benzene rings is 2. The molecule has 0 bridgehead atoms. The predicted octanol–water partition coefficient (Wildman–Crippen LogP) is 3.28. The molecule has 2 atom stereocenters. The lowest BCUT2D eigenvalue weighted by Gasteiger charge is -2.39. The van der Waals surface area contributed by atoms with Gasteiger partial charge in [-0.05, 0) is 66.8 Å². The highest BCUT2D eigenvalue weighted by atomic mass is 127. The number of hydrogen-bond donors (Lipinski definition) is 1. The molecule has 2 heterocycles. The quantitative estimate of drug-likeness (QED) is 0.499. The minimum absolute atomic E-state index is 0.00321. The van der Waals surface area contributed by atoms with Gasteiger partial charge in [-0.2, -0.15) is 0 Å². The molecule has 8 nitrogen and oxygen atoms in total. The van der Waals surface area contributed by atoms with Crippen molar-refractivity contribution < 1.29 is 17.9 Å². The van der Waals surface area contributed by atoms with E-state index in [9.17, 15) is 13.2 Å². The summed E-state index contributed by atoms with van der Waals surface area (Å²) in [6.07, 6.45) is 2.95. The van der Waals surface area contributed by atoms with Gasteiger partial charge in [0.1, 0.15) is 10.4 Å². The Hall–Kier alpha value is -2.31. The van der Waals surface area contributed by atoms with E-state index in [1.165, 1.54) is 18.5 Å². The number of nitrogens with zero attached hydrogens (tertiary/aromatic N) is 3. The van der Waals surface area contributed by atoms with Crippen LogP contribution in [-0.2, 0) is 14.8 Å². The molecule has 1 aliphatic heterocycles. The Balaban J connectivity index is 1.75. The molecule has 0 saturated carbocycles. The molecular formula is C21H21IN4O4S. The van der Waals surface area contributed by atoms with Crippen LogP contribution in [0.3, 0.4) is 0 Å². The number of rotatable bonds is 4. The number of para-hydroxylation sites is 1. The molecule has 1 aliphatic rings. The van der Waals surface area contributed by atoms with Crippen LogP contribution in [0.1, 0.15) is 24.2 Å². The number of nitrogens with one attached hydrogen (secondary N) is 1. The van der Waals surface area contributed by atoms with Crippen LogP contribution in [0.5, 0.6) is 0 Å². The van der Waals surface area contributed by atoms with Gasteiger partial charge in [0.15, 0.2) is 0 Å². The summed E-state index contributed by atoms with van der Waals surface area (Å²) < 4.78 is 35.5. The van der Waals surface area contributed by atoms with Crippen molar-refractivity contribution in [3.8, 4) is 0 Å². The van der Waals surface area contributed by atoms with Gasteiger partial charge in [0.05, 0.1) is 42.1 Å². The number of amides is 1. The molecule has 10 heteroatoms. The summed E-state index contributed by atoms with van der Waals surface area (Å²) in [6.45, 7) is 4.71. The second-order valence-corrected chi connectivity index (χ2v) is 10.3. The van der Waals surface area contributed by atoms with Crippen LogP contribution in [0.15, 0.2) is 53.7 Å². The van der Waals surface area contributed by atoms with Crippen molar-refractivity contribution >= 4 is 55.2 Å². The Bertz CT molecular complexity index is 1240. The summed E-state index contributed by atoms with van der Waals surface area (Å²) in [5, 5.41) is 0. The summed E-state index contributed by atoms with van der Waals surface area (Å²) in [4.78, 5) is 23.5. The van der Waals surface area contributed by atoms with Crippen LogP contribution in [0, 0.1) is 3.57 Å². The van der Waals surface area contributed by atoms with Gasteiger partial charge in [-0.25, -0.2) is 8.42 Å². The third-order valence-electron chi connectivity index (χ3n) is 5.11. The van der Waals surface area contributed by atoms with Crippen LogP contribution in [0.25, 0.3) is 11.0 Å². The van der Waals surface area contributed by atoms with Gasteiger partial charge in [-0.1, -0.05) is 6.07 Å². The molecule has 4 rings (SSSR count). The van der Waals surface area contributed by atoms with Crippen LogP contribution in [0.4, 0.5) is 5.69 Å². The zero-order valence-corrected chi connectivity index (χ0v) is 19.9. The largest absolute Gasteiger partial charge is 0.377 e. The summed E-state index contributed by atoms with van der Waals surface area (Å²) in [6, 6.07) is 9.64. The second-order valence-electron chi connectivity index (χ2n) is 7.42. The Labute approximate surface area is 194 Å². The number of fused-ring (bicyclic) bond motifs is 1. The Morgan fingerprint density at radius 2 is 1.84 bits per heavy atom. The predicted molar refractivity (Wildman–Crippen MR) is 125 cm³/mol. The third-order valence-corrected chi connectivity index (χ3v) is 7.18. The van der Waals surface area contributed by atoms with Gasteiger partial charge < -0.3 is 9.64 Å². The number of carbonyl (C=O) groups excluding carboxylic acids is 1. The maximum Gasteiger partial charge on any atom is 0.264 e. The molecule has 0 radical (unpaired) electrons. The van der Waals surface area contributed by atoms with Crippen molar-refractivity contribution in [1.82, 2.24) is 14.9 Å². The number of sulfonamides is 1. The van der Waals surface area contributed by atoms with E-state index in [1.807, 2.05) is 13.8 Å². The van der Waals surface area contributed by atoms with Crippen molar-refractivity contribution in [2.45, 2.75) is 30.8 Å². The first-order valence-corrected chi connectivity index (χ1v) is 12.3. The number of hydrogen-bond acceptors (Lipinski definition) is 6. The zero-order chi connectivity index (χ0) is 22.2. The average molecular weight is 552 g/mol. The topological polar surface area (TPSA) is 101 Å². The molecule has 3 aromatic rings. The van der Waals surface area contributed by atoms with Crippen LogP contribution >= 0.6 is 22.6 Å². The molecule has 0 aliphatic carbocycles. The van der Waals surface area contributed by atoms with E-state index in [1.54, 1.807) is 35.2 Å². The average Bonchev–Trinajstić information content (AvgIpc) is 2.73. The van der Waals surface area contributed by atoms with E-state index >= 15 is 0 Å². The SMILES string of the molecule is C[C@@H]1COC[C@H](C)N1C(=O)c1ccc(I)cc1NS(=O)(=O)c1cccc2nccnc12. The van der Waals surface area contributed by atoms with Crippen molar-refractivity contribution in [2.75, 3.05) is 17.9 Å². The Morgan fingerprint density at radius 1 is 1.13 bits per heavy atom. The fourth-order valence-electron chi connectivity index (χ4n) is 3.71. The highest BCUT2D eigenvalue weighted by Gasteiger charge is 2.32. The van der Waals surface area contributed by atoms with Crippen molar-refractivity contribution in [3.05, 3.63) is 57.9 Å². The minimum Gasteiger partial charge on any atom is -0.377 e. The van der Waals surface area contributed by atoms with Crippen molar-refractivity contribution in [1.29, 1.82) is 0 Å².